The van der Waals surface area contributed by atoms with Gasteiger partial charge in [0.25, 0.3) is 0 Å². The molecule has 6 aromatic rings. The number of carbonyl (C=O) groups excluding carboxylic acids is 2. The molecule has 0 fully saturated rings. The fourth-order valence-electron chi connectivity index (χ4n) is 5.79. The van der Waals surface area contributed by atoms with E-state index in [0.29, 0.717) is 5.56 Å². The standard InChI is InChI=1S/C42H32O7/c43-38(47-36-29-17-6-18-30-36)37(31-19-7-1-8-20-31)48-40(46)42(34-25-13-4-14-26-34,35-27-15-5-16-28-35)49-41(39(44)45,32-21-9-2-10-22-32)33-23-11-3-12-24-33/h1-30,37H,(H,44,45). The van der Waals surface area contributed by atoms with Gasteiger partial charge in [-0.05, 0) is 34.4 Å². The van der Waals surface area contributed by atoms with Crippen LogP contribution >= 0.6 is 0 Å². The number of benzene rings is 6. The number of hydrogen-bond donors (Lipinski definition) is 1. The zero-order chi connectivity index (χ0) is 34.1. The second-order valence-electron chi connectivity index (χ2n) is 11.2. The summed E-state index contributed by atoms with van der Waals surface area (Å²) in [7, 11) is 0. The third kappa shape index (κ3) is 6.61. The Morgan fingerprint density at radius 2 is 0.816 bits per heavy atom. The molecule has 242 valence electrons. The Balaban J connectivity index is 1.58. The third-order valence-electron chi connectivity index (χ3n) is 8.12. The normalized spacial score (nSPS) is 12.0. The fourth-order valence-corrected chi connectivity index (χ4v) is 5.79. The van der Waals surface area contributed by atoms with E-state index in [2.05, 4.69) is 0 Å². The van der Waals surface area contributed by atoms with Gasteiger partial charge in [-0.3, -0.25) is 0 Å². The monoisotopic (exact) mass is 648 g/mol. The number of carboxylic acids is 1. The maximum absolute atomic E-state index is 15.2. The van der Waals surface area contributed by atoms with Gasteiger partial charge in [-0.2, -0.15) is 0 Å². The quantitative estimate of drug-likeness (QED) is 0.107. The van der Waals surface area contributed by atoms with Gasteiger partial charge in [-0.1, -0.05) is 170 Å². The summed E-state index contributed by atoms with van der Waals surface area (Å²) < 4.78 is 18.9. The van der Waals surface area contributed by atoms with Gasteiger partial charge in [0, 0.05) is 5.56 Å². The van der Waals surface area contributed by atoms with Gasteiger partial charge in [0.1, 0.15) is 5.75 Å². The summed E-state index contributed by atoms with van der Waals surface area (Å²) >= 11 is 0. The molecule has 6 rings (SSSR count). The third-order valence-corrected chi connectivity index (χ3v) is 8.12. The minimum atomic E-state index is -2.24. The topological polar surface area (TPSA) is 99.1 Å². The fraction of sp³-hybridized carbons (Fsp3) is 0.0714. The van der Waals surface area contributed by atoms with E-state index in [0.717, 1.165) is 0 Å². The van der Waals surface area contributed by atoms with Crippen LogP contribution in [0.25, 0.3) is 0 Å². The zero-order valence-electron chi connectivity index (χ0n) is 26.3. The molecule has 0 spiro atoms. The van der Waals surface area contributed by atoms with Gasteiger partial charge in [0.15, 0.2) is 0 Å². The smallest absolute Gasteiger partial charge is 0.357 e. The summed E-state index contributed by atoms with van der Waals surface area (Å²) in [6, 6.07) is 50.9. The lowest BCUT2D eigenvalue weighted by Crippen LogP contribution is -2.52. The second kappa shape index (κ2) is 14.6. The highest BCUT2D eigenvalue weighted by atomic mass is 16.6. The highest BCUT2D eigenvalue weighted by Crippen LogP contribution is 2.46. The van der Waals surface area contributed by atoms with E-state index in [1.807, 2.05) is 0 Å². The molecule has 49 heavy (non-hydrogen) atoms. The van der Waals surface area contributed by atoms with Crippen molar-refractivity contribution in [2.45, 2.75) is 17.3 Å². The molecule has 1 unspecified atom stereocenters. The SMILES string of the molecule is O=C(Oc1ccccc1)C(OC(=O)C(OC(C(=O)O)(c1ccccc1)c1ccccc1)(c1ccccc1)c1ccccc1)c1ccccc1. The number of hydrogen-bond acceptors (Lipinski definition) is 6. The van der Waals surface area contributed by atoms with Crippen LogP contribution in [-0.2, 0) is 35.1 Å². The Bertz CT molecular complexity index is 1900. The van der Waals surface area contributed by atoms with Crippen molar-refractivity contribution in [2.24, 2.45) is 0 Å². The predicted octanol–water partition coefficient (Wildman–Crippen LogP) is 7.87. The van der Waals surface area contributed by atoms with Crippen molar-refractivity contribution in [3.63, 3.8) is 0 Å². The van der Waals surface area contributed by atoms with Crippen LogP contribution in [0.5, 0.6) is 5.75 Å². The Kier molecular flexibility index (Phi) is 9.74. The molecular weight excluding hydrogens is 616 g/mol. The van der Waals surface area contributed by atoms with Crippen LogP contribution in [0.1, 0.15) is 33.9 Å². The lowest BCUT2D eigenvalue weighted by atomic mass is 9.81. The van der Waals surface area contributed by atoms with E-state index < -0.39 is 35.2 Å². The predicted molar refractivity (Wildman–Crippen MR) is 183 cm³/mol. The van der Waals surface area contributed by atoms with Gasteiger partial charge < -0.3 is 19.3 Å². The van der Waals surface area contributed by atoms with Gasteiger partial charge >= 0.3 is 17.9 Å². The molecule has 0 aromatic heterocycles. The molecule has 0 amide bonds. The zero-order valence-corrected chi connectivity index (χ0v) is 26.3. The average Bonchev–Trinajstić information content (AvgIpc) is 3.16. The highest BCUT2D eigenvalue weighted by Gasteiger charge is 2.57. The molecule has 0 aliphatic heterocycles. The van der Waals surface area contributed by atoms with Crippen LogP contribution in [0.2, 0.25) is 0 Å². The summed E-state index contributed by atoms with van der Waals surface area (Å²) in [6.45, 7) is 0. The second-order valence-corrected chi connectivity index (χ2v) is 11.2. The van der Waals surface area contributed by atoms with E-state index in [9.17, 15) is 14.7 Å². The number of esters is 2. The van der Waals surface area contributed by atoms with Gasteiger partial charge in [0.2, 0.25) is 17.3 Å². The van der Waals surface area contributed by atoms with Crippen molar-refractivity contribution in [3.05, 3.63) is 210 Å². The molecule has 1 atom stereocenters. The number of carbonyl (C=O) groups is 3. The van der Waals surface area contributed by atoms with Crippen LogP contribution < -0.4 is 4.74 Å². The summed E-state index contributed by atoms with van der Waals surface area (Å²) in [6.07, 6.45) is -1.54. The molecule has 0 radical (unpaired) electrons. The molecular formula is C42H32O7. The van der Waals surface area contributed by atoms with Crippen LogP contribution in [0.15, 0.2) is 182 Å². The molecule has 6 aromatic carbocycles. The number of rotatable bonds is 12. The lowest BCUT2D eigenvalue weighted by molar-refractivity contribution is -0.203. The molecule has 0 heterocycles. The van der Waals surface area contributed by atoms with E-state index in [-0.39, 0.29) is 28.0 Å². The Hall–Kier alpha value is -6.31. The molecule has 0 saturated carbocycles. The van der Waals surface area contributed by atoms with E-state index in [1.54, 1.807) is 182 Å². The number of carboxylic acid groups (broad SMARTS) is 1. The lowest BCUT2D eigenvalue weighted by Gasteiger charge is -2.41. The van der Waals surface area contributed by atoms with Crippen molar-refractivity contribution in [1.29, 1.82) is 0 Å². The summed E-state index contributed by atoms with van der Waals surface area (Å²) in [4.78, 5) is 42.9. The first-order chi connectivity index (χ1) is 23.9. The van der Waals surface area contributed by atoms with Crippen LogP contribution in [-0.4, -0.2) is 23.0 Å². The van der Waals surface area contributed by atoms with E-state index in [4.69, 9.17) is 14.2 Å². The maximum Gasteiger partial charge on any atom is 0.357 e. The first-order valence-electron chi connectivity index (χ1n) is 15.6. The van der Waals surface area contributed by atoms with Gasteiger partial charge in [-0.15, -0.1) is 0 Å². The molecule has 1 N–H and O–H groups in total. The van der Waals surface area contributed by atoms with Crippen LogP contribution in [0.3, 0.4) is 0 Å². The Morgan fingerprint density at radius 1 is 0.469 bits per heavy atom. The van der Waals surface area contributed by atoms with Crippen molar-refractivity contribution in [2.75, 3.05) is 0 Å². The minimum Gasteiger partial charge on any atom is -0.479 e. The van der Waals surface area contributed by atoms with Gasteiger partial charge in [-0.25, -0.2) is 14.4 Å². The van der Waals surface area contributed by atoms with Crippen LogP contribution in [0.4, 0.5) is 0 Å². The minimum absolute atomic E-state index is 0.260. The average molecular weight is 649 g/mol. The van der Waals surface area contributed by atoms with Gasteiger partial charge in [0.05, 0.1) is 0 Å². The highest BCUT2D eigenvalue weighted by molar-refractivity contribution is 5.91. The van der Waals surface area contributed by atoms with Crippen molar-refractivity contribution in [1.82, 2.24) is 0 Å². The van der Waals surface area contributed by atoms with Crippen molar-refractivity contribution >= 4 is 17.9 Å². The summed E-state index contributed by atoms with van der Waals surface area (Å²) in [5.74, 6) is -2.98. The summed E-state index contributed by atoms with van der Waals surface area (Å²) in [5, 5.41) is 11.2. The molecule has 7 nitrogen and oxygen atoms in total. The van der Waals surface area contributed by atoms with E-state index in [1.165, 1.54) is 0 Å². The number of aliphatic carboxylic acids is 1. The largest absolute Gasteiger partial charge is 0.479 e. The first-order valence-corrected chi connectivity index (χ1v) is 15.6. The summed E-state index contributed by atoms with van der Waals surface area (Å²) in [5.41, 5.74) is -3.02. The molecule has 7 heteroatoms. The Morgan fingerprint density at radius 3 is 1.20 bits per heavy atom. The molecule has 0 saturated heterocycles. The van der Waals surface area contributed by atoms with Crippen molar-refractivity contribution in [3.8, 4) is 5.75 Å². The first kappa shape index (κ1) is 32.6. The number of para-hydroxylation sites is 1. The van der Waals surface area contributed by atoms with E-state index >= 15 is 4.79 Å². The molecule has 0 aliphatic carbocycles. The Labute approximate surface area is 284 Å². The van der Waals surface area contributed by atoms with Crippen molar-refractivity contribution < 1.29 is 33.7 Å². The maximum atomic E-state index is 15.2. The van der Waals surface area contributed by atoms with Crippen LogP contribution in [0, 0.1) is 0 Å². The molecule has 0 aliphatic rings. The molecule has 0 bridgehead atoms. The number of ether oxygens (including phenoxy) is 3.